The summed E-state index contributed by atoms with van der Waals surface area (Å²) in [6.07, 6.45) is 3.11. The molecule has 0 unspecified atom stereocenters. The standard InChI is InChI=1S/C20H25N3O2/c1-15-6-7-17(13-21-15)20(25)22-12-16-4-2-3-5-18(16)14-23-10-8-19(24)9-11-23/h2-7,13,19,24H,8-12,14H2,1H3,(H,22,25). The number of hydrogen-bond donors (Lipinski definition) is 2. The van der Waals surface area contributed by atoms with Crippen molar-refractivity contribution in [3.63, 3.8) is 0 Å². The Balaban J connectivity index is 1.60. The molecule has 1 saturated heterocycles. The molecule has 25 heavy (non-hydrogen) atoms. The first-order valence-electron chi connectivity index (χ1n) is 8.80. The van der Waals surface area contributed by atoms with Crippen molar-refractivity contribution in [3.05, 3.63) is 65.0 Å². The minimum Gasteiger partial charge on any atom is -0.393 e. The molecule has 0 bridgehead atoms. The molecule has 2 N–H and O–H groups in total. The third kappa shape index (κ3) is 4.87. The van der Waals surface area contributed by atoms with E-state index in [1.54, 1.807) is 12.3 Å². The fourth-order valence-corrected chi connectivity index (χ4v) is 3.08. The van der Waals surface area contributed by atoms with Crippen LogP contribution in [0.15, 0.2) is 42.6 Å². The van der Waals surface area contributed by atoms with E-state index in [9.17, 15) is 9.90 Å². The van der Waals surface area contributed by atoms with E-state index in [0.717, 1.165) is 43.7 Å². The molecule has 1 amide bonds. The number of aryl methyl sites for hydroxylation is 1. The highest BCUT2D eigenvalue weighted by Crippen LogP contribution is 2.16. The van der Waals surface area contributed by atoms with Crippen LogP contribution in [0.4, 0.5) is 0 Å². The first kappa shape index (κ1) is 17.6. The number of amides is 1. The Kier molecular flexibility index (Phi) is 5.79. The van der Waals surface area contributed by atoms with Crippen LogP contribution >= 0.6 is 0 Å². The number of carbonyl (C=O) groups excluding carboxylic acids is 1. The first-order valence-corrected chi connectivity index (χ1v) is 8.80. The molecule has 0 aliphatic carbocycles. The van der Waals surface area contributed by atoms with Crippen LogP contribution in [-0.2, 0) is 13.1 Å². The molecule has 3 rings (SSSR count). The van der Waals surface area contributed by atoms with Gasteiger partial charge in [-0.05, 0) is 43.0 Å². The van der Waals surface area contributed by atoms with Crippen molar-refractivity contribution in [2.24, 2.45) is 0 Å². The fraction of sp³-hybridized carbons (Fsp3) is 0.400. The number of piperidine rings is 1. The van der Waals surface area contributed by atoms with E-state index in [4.69, 9.17) is 0 Å². The molecule has 2 heterocycles. The Morgan fingerprint density at radius 3 is 2.60 bits per heavy atom. The molecule has 0 atom stereocenters. The maximum atomic E-state index is 12.3. The number of nitrogens with one attached hydrogen (secondary N) is 1. The Morgan fingerprint density at radius 2 is 1.92 bits per heavy atom. The summed E-state index contributed by atoms with van der Waals surface area (Å²) in [4.78, 5) is 18.8. The SMILES string of the molecule is Cc1ccc(C(=O)NCc2ccccc2CN2CCC(O)CC2)cn1. The van der Waals surface area contributed by atoms with E-state index in [-0.39, 0.29) is 12.0 Å². The second-order valence-electron chi connectivity index (χ2n) is 6.65. The average molecular weight is 339 g/mol. The van der Waals surface area contributed by atoms with Crippen LogP contribution in [0.25, 0.3) is 0 Å². The zero-order chi connectivity index (χ0) is 17.6. The summed E-state index contributed by atoms with van der Waals surface area (Å²) in [5, 5.41) is 12.6. The summed E-state index contributed by atoms with van der Waals surface area (Å²) < 4.78 is 0. The Labute approximate surface area is 148 Å². The highest BCUT2D eigenvalue weighted by Gasteiger charge is 2.18. The van der Waals surface area contributed by atoms with Crippen LogP contribution < -0.4 is 5.32 Å². The molecule has 1 aromatic carbocycles. The topological polar surface area (TPSA) is 65.5 Å². The van der Waals surface area contributed by atoms with Crippen molar-refractivity contribution in [2.75, 3.05) is 13.1 Å². The normalized spacial score (nSPS) is 15.9. The monoisotopic (exact) mass is 339 g/mol. The lowest BCUT2D eigenvalue weighted by Gasteiger charge is -2.30. The quantitative estimate of drug-likeness (QED) is 0.877. The van der Waals surface area contributed by atoms with Crippen LogP contribution in [0.2, 0.25) is 0 Å². The fourth-order valence-electron chi connectivity index (χ4n) is 3.08. The van der Waals surface area contributed by atoms with Crippen LogP contribution in [0, 0.1) is 6.92 Å². The maximum absolute atomic E-state index is 12.3. The van der Waals surface area contributed by atoms with E-state index >= 15 is 0 Å². The minimum atomic E-state index is -0.158. The van der Waals surface area contributed by atoms with Gasteiger partial charge in [-0.1, -0.05) is 24.3 Å². The highest BCUT2D eigenvalue weighted by atomic mass is 16.3. The Bertz CT molecular complexity index is 707. The van der Waals surface area contributed by atoms with E-state index in [2.05, 4.69) is 27.3 Å². The van der Waals surface area contributed by atoms with Crippen LogP contribution in [0.1, 0.15) is 40.0 Å². The zero-order valence-electron chi connectivity index (χ0n) is 14.6. The number of aliphatic hydroxyl groups excluding tert-OH is 1. The van der Waals surface area contributed by atoms with Gasteiger partial charge < -0.3 is 10.4 Å². The minimum absolute atomic E-state index is 0.108. The van der Waals surface area contributed by atoms with Crippen molar-refractivity contribution in [3.8, 4) is 0 Å². The number of benzene rings is 1. The summed E-state index contributed by atoms with van der Waals surface area (Å²) in [5.74, 6) is -0.108. The van der Waals surface area contributed by atoms with Crippen molar-refractivity contribution >= 4 is 5.91 Å². The highest BCUT2D eigenvalue weighted by molar-refractivity contribution is 5.93. The Hall–Kier alpha value is -2.24. The van der Waals surface area contributed by atoms with Gasteiger partial charge in [-0.25, -0.2) is 0 Å². The van der Waals surface area contributed by atoms with Gasteiger partial charge in [0.05, 0.1) is 11.7 Å². The van der Waals surface area contributed by atoms with Gasteiger partial charge in [-0.2, -0.15) is 0 Å². The molecular formula is C20H25N3O2. The predicted molar refractivity (Wildman–Crippen MR) is 97.1 cm³/mol. The lowest BCUT2D eigenvalue weighted by Crippen LogP contribution is -2.35. The van der Waals surface area contributed by atoms with Crippen LogP contribution in [0.3, 0.4) is 0 Å². The van der Waals surface area contributed by atoms with E-state index in [1.807, 2.05) is 25.1 Å². The summed E-state index contributed by atoms with van der Waals surface area (Å²) in [6.45, 7) is 5.08. The third-order valence-electron chi connectivity index (χ3n) is 4.68. The van der Waals surface area contributed by atoms with Crippen LogP contribution in [-0.4, -0.2) is 40.1 Å². The van der Waals surface area contributed by atoms with Gasteiger partial charge in [-0.15, -0.1) is 0 Å². The summed E-state index contributed by atoms with van der Waals surface area (Å²) in [5.41, 5.74) is 3.82. The first-order chi connectivity index (χ1) is 12.1. The van der Waals surface area contributed by atoms with Gasteiger partial charge in [0, 0.05) is 38.1 Å². The molecule has 0 saturated carbocycles. The average Bonchev–Trinajstić information content (AvgIpc) is 2.63. The Morgan fingerprint density at radius 1 is 1.20 bits per heavy atom. The molecule has 5 heteroatoms. The molecule has 1 aliphatic rings. The maximum Gasteiger partial charge on any atom is 0.253 e. The molecule has 2 aromatic rings. The number of hydrogen-bond acceptors (Lipinski definition) is 4. The molecule has 0 radical (unpaired) electrons. The third-order valence-corrected chi connectivity index (χ3v) is 4.68. The van der Waals surface area contributed by atoms with E-state index in [0.29, 0.717) is 12.1 Å². The van der Waals surface area contributed by atoms with Crippen molar-refractivity contribution in [1.29, 1.82) is 0 Å². The van der Waals surface area contributed by atoms with Gasteiger partial charge in [0.25, 0.3) is 5.91 Å². The van der Waals surface area contributed by atoms with Crippen LogP contribution in [0.5, 0.6) is 0 Å². The molecule has 1 aliphatic heterocycles. The number of nitrogens with zero attached hydrogens (tertiary/aromatic N) is 2. The summed E-state index contributed by atoms with van der Waals surface area (Å²) in [6, 6.07) is 11.8. The number of aromatic nitrogens is 1. The molecule has 1 aromatic heterocycles. The van der Waals surface area contributed by atoms with Crippen molar-refractivity contribution < 1.29 is 9.90 Å². The van der Waals surface area contributed by atoms with Gasteiger partial charge in [-0.3, -0.25) is 14.7 Å². The second-order valence-corrected chi connectivity index (χ2v) is 6.65. The lowest BCUT2D eigenvalue weighted by atomic mass is 10.0. The molecule has 5 nitrogen and oxygen atoms in total. The van der Waals surface area contributed by atoms with Gasteiger partial charge in [0.1, 0.15) is 0 Å². The lowest BCUT2D eigenvalue weighted by molar-refractivity contribution is 0.0790. The number of rotatable bonds is 5. The van der Waals surface area contributed by atoms with E-state index in [1.165, 1.54) is 5.56 Å². The number of likely N-dealkylation sites (tertiary alicyclic amines) is 1. The smallest absolute Gasteiger partial charge is 0.253 e. The van der Waals surface area contributed by atoms with Crippen molar-refractivity contribution in [2.45, 2.75) is 39.0 Å². The van der Waals surface area contributed by atoms with Crippen molar-refractivity contribution in [1.82, 2.24) is 15.2 Å². The second kappa shape index (κ2) is 8.23. The largest absolute Gasteiger partial charge is 0.393 e. The molecule has 0 spiro atoms. The van der Waals surface area contributed by atoms with E-state index < -0.39 is 0 Å². The van der Waals surface area contributed by atoms with Gasteiger partial charge >= 0.3 is 0 Å². The summed E-state index contributed by atoms with van der Waals surface area (Å²) in [7, 11) is 0. The summed E-state index contributed by atoms with van der Waals surface area (Å²) >= 11 is 0. The number of carbonyl (C=O) groups is 1. The molecule has 1 fully saturated rings. The molecular weight excluding hydrogens is 314 g/mol. The predicted octanol–water partition coefficient (Wildman–Crippen LogP) is 2.28. The van der Waals surface area contributed by atoms with Gasteiger partial charge in [0.15, 0.2) is 0 Å². The molecule has 132 valence electrons. The zero-order valence-corrected chi connectivity index (χ0v) is 14.6. The van der Waals surface area contributed by atoms with Gasteiger partial charge in [0.2, 0.25) is 0 Å². The number of pyridine rings is 1. The number of aliphatic hydroxyl groups is 1.